The van der Waals surface area contributed by atoms with Crippen molar-refractivity contribution >= 4 is 5.97 Å². The molecule has 0 bridgehead atoms. The van der Waals surface area contributed by atoms with E-state index in [1.807, 2.05) is 19.0 Å². The number of ether oxygens (including phenoxy) is 1. The lowest BCUT2D eigenvalue weighted by molar-refractivity contribution is -0.144. The van der Waals surface area contributed by atoms with Crippen molar-refractivity contribution in [1.29, 1.82) is 0 Å². The minimum absolute atomic E-state index is 0.0164. The Hall–Kier alpha value is -1.79. The van der Waals surface area contributed by atoms with Crippen LogP contribution in [0.15, 0.2) is 18.2 Å². The lowest BCUT2D eigenvalue weighted by Gasteiger charge is -2.28. The van der Waals surface area contributed by atoms with Crippen LogP contribution in [0.4, 0.5) is 0 Å². The van der Waals surface area contributed by atoms with E-state index in [0.29, 0.717) is 12.1 Å². The molecule has 1 aromatic carbocycles. The van der Waals surface area contributed by atoms with Crippen LogP contribution in [0.25, 0.3) is 0 Å². The maximum Gasteiger partial charge on any atom is 0.328 e. The van der Waals surface area contributed by atoms with Crippen LogP contribution < -0.4 is 10.1 Å². The van der Waals surface area contributed by atoms with Gasteiger partial charge in [-0.2, -0.15) is 0 Å². The zero-order valence-electron chi connectivity index (χ0n) is 12.3. The van der Waals surface area contributed by atoms with Gasteiger partial charge in [-0.15, -0.1) is 0 Å². The van der Waals surface area contributed by atoms with Crippen molar-refractivity contribution in [2.45, 2.75) is 12.5 Å². The second-order valence-electron chi connectivity index (χ2n) is 5.05. The summed E-state index contributed by atoms with van der Waals surface area (Å²) in [7, 11) is 5.27. The molecule has 0 spiro atoms. The highest BCUT2D eigenvalue weighted by Crippen LogP contribution is 2.31. The summed E-state index contributed by atoms with van der Waals surface area (Å²) in [6, 6.07) is 4.55. The Morgan fingerprint density at radius 1 is 1.45 bits per heavy atom. The average Bonchev–Trinajstić information content (AvgIpc) is 2.38. The second-order valence-corrected chi connectivity index (χ2v) is 5.05. The average molecular weight is 282 g/mol. The maximum absolute atomic E-state index is 11.6. The molecule has 0 aliphatic rings. The summed E-state index contributed by atoms with van der Waals surface area (Å²) in [4.78, 5) is 13.6. The van der Waals surface area contributed by atoms with Crippen LogP contribution in [-0.4, -0.2) is 55.4 Å². The molecule has 0 radical (unpaired) electrons. The Labute approximate surface area is 119 Å². The topological polar surface area (TPSA) is 82.0 Å². The van der Waals surface area contributed by atoms with Gasteiger partial charge in [0.15, 0.2) is 11.5 Å². The van der Waals surface area contributed by atoms with Gasteiger partial charge in [-0.25, -0.2) is 4.79 Å². The summed E-state index contributed by atoms with van der Waals surface area (Å²) in [5, 5.41) is 22.1. The smallest absolute Gasteiger partial charge is 0.328 e. The Balaban J connectivity index is 3.03. The number of nitrogens with one attached hydrogen (secondary N) is 1. The first-order chi connectivity index (χ1) is 9.31. The Morgan fingerprint density at radius 3 is 2.60 bits per heavy atom. The number of hydrogen-bond donors (Lipinski definition) is 3. The third-order valence-corrected chi connectivity index (χ3v) is 3.22. The van der Waals surface area contributed by atoms with Crippen molar-refractivity contribution < 1.29 is 19.7 Å². The Kier molecular flexibility index (Phi) is 5.35. The lowest BCUT2D eigenvalue weighted by atomic mass is 9.91. The number of benzene rings is 1. The normalized spacial score (nSPS) is 14.1. The zero-order valence-corrected chi connectivity index (χ0v) is 12.3. The van der Waals surface area contributed by atoms with Crippen LogP contribution in [0.3, 0.4) is 0 Å². The molecule has 0 aromatic heterocycles. The number of phenolic OH excluding ortho intramolecular Hbond substituents is 1. The summed E-state index contributed by atoms with van der Waals surface area (Å²) in [6.45, 7) is 2.84. The number of aromatic hydroxyl groups is 1. The fourth-order valence-corrected chi connectivity index (χ4v) is 1.82. The zero-order chi connectivity index (χ0) is 15.3. The van der Waals surface area contributed by atoms with Gasteiger partial charge in [0.05, 0.1) is 7.11 Å². The third-order valence-electron chi connectivity index (χ3n) is 3.22. The van der Waals surface area contributed by atoms with Crippen molar-refractivity contribution in [2.75, 3.05) is 34.3 Å². The largest absolute Gasteiger partial charge is 0.504 e. The first kappa shape index (κ1) is 16.3. The Bertz CT molecular complexity index is 476. The van der Waals surface area contributed by atoms with Crippen molar-refractivity contribution in [3.05, 3.63) is 23.8 Å². The summed E-state index contributed by atoms with van der Waals surface area (Å²) in [6.07, 6.45) is 0. The van der Waals surface area contributed by atoms with Gasteiger partial charge in [-0.3, -0.25) is 5.32 Å². The predicted octanol–water partition coefficient (Wildman–Crippen LogP) is 0.852. The minimum atomic E-state index is -1.24. The number of hydrogen-bond acceptors (Lipinski definition) is 5. The van der Waals surface area contributed by atoms with Crippen LogP contribution in [0.5, 0.6) is 11.5 Å². The number of rotatable bonds is 7. The van der Waals surface area contributed by atoms with Gasteiger partial charge >= 0.3 is 5.97 Å². The number of carboxylic acid groups (broad SMARTS) is 1. The SMILES string of the molecule is COc1cc(C(C)(NCCN(C)C)C(=O)O)ccc1O. The predicted molar refractivity (Wildman–Crippen MR) is 76.2 cm³/mol. The van der Waals surface area contributed by atoms with Crippen molar-refractivity contribution in [3.8, 4) is 11.5 Å². The van der Waals surface area contributed by atoms with Crippen molar-refractivity contribution in [3.63, 3.8) is 0 Å². The fourth-order valence-electron chi connectivity index (χ4n) is 1.82. The molecule has 0 aliphatic carbocycles. The molecular weight excluding hydrogens is 260 g/mol. The minimum Gasteiger partial charge on any atom is -0.504 e. The van der Waals surface area contributed by atoms with Crippen LogP contribution in [0, 0.1) is 0 Å². The van der Waals surface area contributed by atoms with Crippen molar-refractivity contribution in [1.82, 2.24) is 10.2 Å². The highest BCUT2D eigenvalue weighted by Gasteiger charge is 2.35. The second kappa shape index (κ2) is 6.58. The molecule has 6 nitrogen and oxygen atoms in total. The van der Waals surface area contributed by atoms with Gasteiger partial charge < -0.3 is 19.8 Å². The molecule has 1 unspecified atom stereocenters. The summed E-state index contributed by atoms with van der Waals surface area (Å²) in [5.41, 5.74) is -0.713. The third kappa shape index (κ3) is 3.61. The number of carbonyl (C=O) groups is 1. The molecule has 0 saturated heterocycles. The summed E-state index contributed by atoms with van der Waals surface area (Å²) >= 11 is 0. The van der Waals surface area contributed by atoms with Crippen LogP contribution in [0.2, 0.25) is 0 Å². The number of carboxylic acids is 1. The van der Waals surface area contributed by atoms with E-state index in [9.17, 15) is 15.0 Å². The highest BCUT2D eigenvalue weighted by atomic mass is 16.5. The van der Waals surface area contributed by atoms with Crippen molar-refractivity contribution in [2.24, 2.45) is 0 Å². The van der Waals surface area contributed by atoms with E-state index in [1.54, 1.807) is 13.0 Å². The molecule has 0 heterocycles. The molecule has 112 valence electrons. The van der Waals surface area contributed by atoms with E-state index in [0.717, 1.165) is 6.54 Å². The van der Waals surface area contributed by atoms with Gasteiger partial charge in [-0.05, 0) is 38.7 Å². The van der Waals surface area contributed by atoms with Gasteiger partial charge in [0.2, 0.25) is 0 Å². The molecule has 1 aromatic rings. The molecule has 1 atom stereocenters. The summed E-state index contributed by atoms with van der Waals surface area (Å²) < 4.78 is 5.02. The fraction of sp³-hybridized carbons (Fsp3) is 0.500. The molecule has 0 saturated carbocycles. The van der Waals surface area contributed by atoms with E-state index in [2.05, 4.69) is 5.32 Å². The number of methoxy groups -OCH3 is 1. The van der Waals surface area contributed by atoms with Gasteiger partial charge in [-0.1, -0.05) is 6.07 Å². The molecule has 0 aliphatic heterocycles. The maximum atomic E-state index is 11.6. The van der Waals surface area contributed by atoms with E-state index in [4.69, 9.17) is 4.74 Å². The molecule has 3 N–H and O–H groups in total. The molecule has 0 fully saturated rings. The molecule has 20 heavy (non-hydrogen) atoms. The lowest BCUT2D eigenvalue weighted by Crippen LogP contribution is -2.48. The number of aliphatic carboxylic acids is 1. The van der Waals surface area contributed by atoms with Crippen LogP contribution in [-0.2, 0) is 10.3 Å². The van der Waals surface area contributed by atoms with E-state index < -0.39 is 11.5 Å². The van der Waals surface area contributed by atoms with E-state index in [-0.39, 0.29) is 11.5 Å². The first-order valence-corrected chi connectivity index (χ1v) is 6.32. The number of phenols is 1. The van der Waals surface area contributed by atoms with Crippen LogP contribution in [0.1, 0.15) is 12.5 Å². The highest BCUT2D eigenvalue weighted by molar-refractivity contribution is 5.80. The van der Waals surface area contributed by atoms with Crippen LogP contribution >= 0.6 is 0 Å². The quantitative estimate of drug-likeness (QED) is 0.688. The first-order valence-electron chi connectivity index (χ1n) is 6.32. The van der Waals surface area contributed by atoms with Gasteiger partial charge in [0.1, 0.15) is 5.54 Å². The summed E-state index contributed by atoms with van der Waals surface area (Å²) in [5.74, 6) is -0.745. The van der Waals surface area contributed by atoms with E-state index in [1.165, 1.54) is 19.2 Å². The number of likely N-dealkylation sites (N-methyl/N-ethyl adjacent to an activating group) is 1. The molecule has 6 heteroatoms. The standard InChI is InChI=1S/C14H22N2O4/c1-14(13(18)19,15-7-8-16(2)3)10-5-6-11(17)12(9-10)20-4/h5-6,9,15,17H,7-8H2,1-4H3,(H,18,19). The number of nitrogens with zero attached hydrogens (tertiary/aromatic N) is 1. The van der Waals surface area contributed by atoms with E-state index >= 15 is 0 Å². The van der Waals surface area contributed by atoms with Gasteiger partial charge in [0, 0.05) is 13.1 Å². The monoisotopic (exact) mass is 282 g/mol. The molecule has 0 amide bonds. The Morgan fingerprint density at radius 2 is 2.10 bits per heavy atom. The van der Waals surface area contributed by atoms with Gasteiger partial charge in [0.25, 0.3) is 0 Å². The molecule has 1 rings (SSSR count). The molecular formula is C14H22N2O4.